The van der Waals surface area contributed by atoms with Gasteiger partial charge < -0.3 is 25.7 Å². The highest BCUT2D eigenvalue weighted by Gasteiger charge is 2.26. The van der Waals surface area contributed by atoms with Gasteiger partial charge in [-0.1, -0.05) is 39.0 Å². The molecule has 42 heavy (non-hydrogen) atoms. The molecule has 9 nitrogen and oxygen atoms in total. The molecule has 2 amide bonds. The molecule has 2 aromatic heterocycles. The zero-order valence-electron chi connectivity index (χ0n) is 24.6. The minimum absolute atomic E-state index is 0.0138. The van der Waals surface area contributed by atoms with Crippen LogP contribution in [-0.2, 0) is 23.1 Å². The van der Waals surface area contributed by atoms with E-state index < -0.39 is 0 Å². The molecule has 2 heterocycles. The Morgan fingerprint density at radius 3 is 2.64 bits per heavy atom. The van der Waals surface area contributed by atoms with Crippen LogP contribution in [0.1, 0.15) is 54.4 Å². The number of amides is 2. The van der Waals surface area contributed by atoms with E-state index in [4.69, 9.17) is 4.74 Å². The number of aryl methyl sites for hydroxylation is 1. The first-order valence-corrected chi connectivity index (χ1v) is 14.3. The molecule has 5 rings (SSSR count). The van der Waals surface area contributed by atoms with Crippen molar-refractivity contribution < 1.29 is 14.3 Å². The average molecular weight is 567 g/mol. The quantitative estimate of drug-likeness (QED) is 0.205. The molecule has 0 spiro atoms. The van der Waals surface area contributed by atoms with Gasteiger partial charge in [-0.15, -0.1) is 0 Å². The summed E-state index contributed by atoms with van der Waals surface area (Å²) in [5.74, 6) is 1.48. The van der Waals surface area contributed by atoms with Gasteiger partial charge in [0.2, 0.25) is 5.91 Å². The summed E-state index contributed by atoms with van der Waals surface area (Å²) in [7, 11) is 1.83. The number of likely N-dealkylation sites (N-methyl/N-ethyl adjacent to an activating group) is 1. The molecule has 2 aromatic carbocycles. The van der Waals surface area contributed by atoms with E-state index in [2.05, 4.69) is 69.9 Å². The fourth-order valence-electron chi connectivity index (χ4n) is 5.03. The standard InChI is InChI=1S/C33H38N6O3/c1-33(2,3)24-6-5-7-25(18-24)38-31(40)22-9-8-21-10-11-26(17-23(21)16-22)42-27-12-13-35-28(19-27)30-37-20-29(39-30)32(41)36-15-14-34-4/h5-7,10-13,17-20,22,34H,8-9,14-16H2,1-4H3,(H,36,41)(H,37,39)(H,38,40). The number of benzene rings is 2. The van der Waals surface area contributed by atoms with E-state index >= 15 is 0 Å². The topological polar surface area (TPSA) is 121 Å². The zero-order chi connectivity index (χ0) is 29.7. The number of nitrogens with zero attached hydrogens (tertiary/aromatic N) is 2. The van der Waals surface area contributed by atoms with Crippen LogP contribution in [0.5, 0.6) is 11.5 Å². The van der Waals surface area contributed by atoms with Crippen molar-refractivity contribution in [3.8, 4) is 23.0 Å². The van der Waals surface area contributed by atoms with Crippen LogP contribution in [0.15, 0.2) is 67.0 Å². The molecule has 0 aliphatic heterocycles. The number of aromatic nitrogens is 3. The van der Waals surface area contributed by atoms with E-state index in [0.29, 0.717) is 48.2 Å². The van der Waals surface area contributed by atoms with E-state index in [-0.39, 0.29) is 23.1 Å². The Hall–Kier alpha value is -4.50. The molecule has 4 N–H and O–H groups in total. The third-order valence-corrected chi connectivity index (χ3v) is 7.46. The number of hydrogen-bond donors (Lipinski definition) is 4. The van der Waals surface area contributed by atoms with Gasteiger partial charge in [0.25, 0.3) is 5.91 Å². The number of pyridine rings is 1. The maximum Gasteiger partial charge on any atom is 0.269 e. The number of rotatable bonds is 9. The Labute approximate surface area is 246 Å². The van der Waals surface area contributed by atoms with Gasteiger partial charge in [-0.05, 0) is 78.7 Å². The zero-order valence-corrected chi connectivity index (χ0v) is 24.6. The lowest BCUT2D eigenvalue weighted by Gasteiger charge is -2.25. The number of H-pyrrole nitrogens is 1. The maximum absolute atomic E-state index is 13.2. The second kappa shape index (κ2) is 12.6. The highest BCUT2D eigenvalue weighted by Crippen LogP contribution is 2.32. The Balaban J connectivity index is 1.24. The third kappa shape index (κ3) is 7.03. The predicted octanol–water partition coefficient (Wildman–Crippen LogP) is 5.25. The van der Waals surface area contributed by atoms with Crippen molar-refractivity contribution in [1.82, 2.24) is 25.6 Å². The largest absolute Gasteiger partial charge is 0.457 e. The second-order valence-electron chi connectivity index (χ2n) is 11.7. The molecule has 0 bridgehead atoms. The number of ether oxygens (including phenoxy) is 1. The normalized spacial score (nSPS) is 14.6. The number of anilines is 1. The van der Waals surface area contributed by atoms with Gasteiger partial charge in [0, 0.05) is 37.0 Å². The number of aromatic amines is 1. The van der Waals surface area contributed by atoms with Crippen molar-refractivity contribution in [3.63, 3.8) is 0 Å². The van der Waals surface area contributed by atoms with Crippen molar-refractivity contribution in [2.45, 2.75) is 45.4 Å². The molecular formula is C33H38N6O3. The van der Waals surface area contributed by atoms with Crippen LogP contribution in [0.4, 0.5) is 5.69 Å². The molecule has 218 valence electrons. The van der Waals surface area contributed by atoms with E-state index in [1.165, 1.54) is 17.3 Å². The Morgan fingerprint density at radius 1 is 1.00 bits per heavy atom. The average Bonchev–Trinajstić information content (AvgIpc) is 3.48. The fraction of sp³-hybridized carbons (Fsp3) is 0.333. The molecule has 0 saturated carbocycles. The molecule has 9 heteroatoms. The molecular weight excluding hydrogens is 528 g/mol. The third-order valence-electron chi connectivity index (χ3n) is 7.46. The van der Waals surface area contributed by atoms with Gasteiger partial charge in [-0.2, -0.15) is 0 Å². The summed E-state index contributed by atoms with van der Waals surface area (Å²) in [6.45, 7) is 7.69. The number of hydrogen-bond acceptors (Lipinski definition) is 6. The van der Waals surface area contributed by atoms with Crippen LogP contribution >= 0.6 is 0 Å². The molecule has 1 aliphatic carbocycles. The first-order chi connectivity index (χ1) is 20.2. The lowest BCUT2D eigenvalue weighted by atomic mass is 9.83. The first-order valence-electron chi connectivity index (χ1n) is 14.3. The molecule has 1 unspecified atom stereocenters. The minimum atomic E-state index is -0.226. The maximum atomic E-state index is 13.2. The van der Waals surface area contributed by atoms with Crippen LogP contribution < -0.4 is 20.7 Å². The molecule has 1 atom stereocenters. The van der Waals surface area contributed by atoms with Crippen LogP contribution in [0.3, 0.4) is 0 Å². The summed E-state index contributed by atoms with van der Waals surface area (Å²) in [6, 6.07) is 17.7. The molecule has 0 radical (unpaired) electrons. The van der Waals surface area contributed by atoms with Gasteiger partial charge in [-0.25, -0.2) is 4.98 Å². The first kappa shape index (κ1) is 29.0. The summed E-state index contributed by atoms with van der Waals surface area (Å²) >= 11 is 0. The summed E-state index contributed by atoms with van der Waals surface area (Å²) in [5, 5.41) is 8.95. The summed E-state index contributed by atoms with van der Waals surface area (Å²) in [5.41, 5.74) is 5.33. The minimum Gasteiger partial charge on any atom is -0.457 e. The predicted molar refractivity (Wildman–Crippen MR) is 164 cm³/mol. The molecule has 4 aromatic rings. The monoisotopic (exact) mass is 566 g/mol. The highest BCUT2D eigenvalue weighted by atomic mass is 16.5. The fourth-order valence-corrected chi connectivity index (χ4v) is 5.03. The van der Waals surface area contributed by atoms with Gasteiger partial charge in [0.15, 0.2) is 5.82 Å². The summed E-state index contributed by atoms with van der Waals surface area (Å²) < 4.78 is 6.19. The van der Waals surface area contributed by atoms with Gasteiger partial charge in [0.1, 0.15) is 22.9 Å². The molecule has 1 aliphatic rings. The van der Waals surface area contributed by atoms with E-state index in [1.54, 1.807) is 18.3 Å². The Bertz CT molecular complexity index is 1570. The lowest BCUT2D eigenvalue weighted by Crippen LogP contribution is -2.30. The second-order valence-corrected chi connectivity index (χ2v) is 11.7. The summed E-state index contributed by atoms with van der Waals surface area (Å²) in [4.78, 5) is 37.3. The Kier molecular flexibility index (Phi) is 8.68. The van der Waals surface area contributed by atoms with Crippen LogP contribution in [0, 0.1) is 5.92 Å². The van der Waals surface area contributed by atoms with Crippen LogP contribution in [0.2, 0.25) is 0 Å². The van der Waals surface area contributed by atoms with Crippen molar-refractivity contribution in [2.75, 3.05) is 25.5 Å². The summed E-state index contributed by atoms with van der Waals surface area (Å²) in [6.07, 6.45) is 5.46. The smallest absolute Gasteiger partial charge is 0.269 e. The SMILES string of the molecule is CNCCNC(=O)c1cnc(-c2cc(Oc3ccc4c(c3)CC(C(=O)Nc3cccc(C(C)(C)C)c3)CC4)ccn2)[nH]1. The van der Waals surface area contributed by atoms with Gasteiger partial charge >= 0.3 is 0 Å². The lowest BCUT2D eigenvalue weighted by molar-refractivity contribution is -0.120. The van der Waals surface area contributed by atoms with Crippen molar-refractivity contribution >= 4 is 17.5 Å². The van der Waals surface area contributed by atoms with E-state index in [0.717, 1.165) is 24.1 Å². The highest BCUT2D eigenvalue weighted by molar-refractivity contribution is 5.93. The number of imidazole rings is 1. The van der Waals surface area contributed by atoms with E-state index in [9.17, 15) is 9.59 Å². The number of fused-ring (bicyclic) bond motifs is 1. The van der Waals surface area contributed by atoms with Crippen LogP contribution in [0.25, 0.3) is 11.5 Å². The molecule has 0 fully saturated rings. The molecule has 0 saturated heterocycles. The van der Waals surface area contributed by atoms with Gasteiger partial charge in [-0.3, -0.25) is 14.6 Å². The van der Waals surface area contributed by atoms with Crippen molar-refractivity contribution in [3.05, 3.63) is 89.4 Å². The van der Waals surface area contributed by atoms with Gasteiger partial charge in [0.05, 0.1) is 6.20 Å². The Morgan fingerprint density at radius 2 is 1.83 bits per heavy atom. The number of carbonyl (C=O) groups excluding carboxylic acids is 2. The van der Waals surface area contributed by atoms with E-state index in [1.807, 2.05) is 31.3 Å². The van der Waals surface area contributed by atoms with Crippen molar-refractivity contribution in [2.24, 2.45) is 5.92 Å². The van der Waals surface area contributed by atoms with Crippen LogP contribution in [-0.4, -0.2) is 46.9 Å². The number of carbonyl (C=O) groups is 2. The van der Waals surface area contributed by atoms with Crippen molar-refractivity contribution in [1.29, 1.82) is 0 Å². The number of nitrogens with one attached hydrogen (secondary N) is 4.